The van der Waals surface area contributed by atoms with Gasteiger partial charge in [-0.05, 0) is 12.1 Å². The van der Waals surface area contributed by atoms with Gasteiger partial charge in [0, 0.05) is 0 Å². The highest BCUT2D eigenvalue weighted by molar-refractivity contribution is 5.20. The molecule has 0 amide bonds. The summed E-state index contributed by atoms with van der Waals surface area (Å²) in [7, 11) is 0. The van der Waals surface area contributed by atoms with Gasteiger partial charge in [0.15, 0.2) is 0 Å². The van der Waals surface area contributed by atoms with Gasteiger partial charge < -0.3 is 21.7 Å². The van der Waals surface area contributed by atoms with Crippen molar-refractivity contribution in [1.29, 1.82) is 10.5 Å². The van der Waals surface area contributed by atoms with Crippen LogP contribution in [-0.2, 0) is 0 Å². The molecule has 0 fully saturated rings. The number of nitrogens with zero attached hydrogens (tertiary/aromatic N) is 2. The zero-order valence-corrected chi connectivity index (χ0v) is 7.77. The lowest BCUT2D eigenvalue weighted by atomic mass is 10.3. The molecule has 0 aliphatic carbocycles. The summed E-state index contributed by atoms with van der Waals surface area (Å²) in [4.78, 5) is 0. The standard InChI is InChI=1S/C7H5F3O.CHNO.CN/c8-7(9,10)11-6-4-2-1-3-5-6;2-1-3;1-2/h1-5H;3H;/q;;-1. The second-order valence-corrected chi connectivity index (χ2v) is 1.96. The molecule has 0 bridgehead atoms. The molecule has 0 saturated heterocycles. The van der Waals surface area contributed by atoms with Crippen molar-refractivity contribution in [3.63, 3.8) is 0 Å². The molecule has 7 heteroatoms. The van der Waals surface area contributed by atoms with Crippen LogP contribution in [0.4, 0.5) is 13.2 Å². The van der Waals surface area contributed by atoms with Gasteiger partial charge >= 0.3 is 6.36 Å². The van der Waals surface area contributed by atoms with Gasteiger partial charge in [-0.25, -0.2) is 0 Å². The van der Waals surface area contributed by atoms with Crippen LogP contribution < -0.4 is 4.74 Å². The fraction of sp³-hybridized carbons (Fsp3) is 0.111. The molecule has 86 valence electrons. The summed E-state index contributed by atoms with van der Waals surface area (Å²) in [6, 6.07) is 7.05. The van der Waals surface area contributed by atoms with E-state index in [1.165, 1.54) is 24.3 Å². The molecule has 0 aromatic heterocycles. The Morgan fingerprint density at radius 3 is 1.88 bits per heavy atom. The maximum absolute atomic E-state index is 11.5. The zero-order chi connectivity index (χ0) is 13.0. The maximum atomic E-state index is 11.5. The maximum Gasteiger partial charge on any atom is 0.573 e. The van der Waals surface area contributed by atoms with Crippen LogP contribution in [-0.4, -0.2) is 11.5 Å². The number of aliphatic hydroxyl groups excluding tert-OH is 1. The van der Waals surface area contributed by atoms with E-state index in [1.807, 2.05) is 0 Å². The zero-order valence-electron chi connectivity index (χ0n) is 7.77. The minimum absolute atomic E-state index is 0.194. The van der Waals surface area contributed by atoms with Gasteiger partial charge in [-0.1, -0.05) is 18.2 Å². The molecule has 0 radical (unpaired) electrons. The van der Waals surface area contributed by atoms with Crippen LogP contribution in [0.25, 0.3) is 0 Å². The summed E-state index contributed by atoms with van der Waals surface area (Å²) in [6.07, 6.45) is -3.85. The first-order chi connectivity index (χ1) is 7.49. The Morgan fingerprint density at radius 2 is 1.56 bits per heavy atom. The molecule has 16 heavy (non-hydrogen) atoms. The van der Waals surface area contributed by atoms with Gasteiger partial charge in [0.25, 0.3) is 6.26 Å². The van der Waals surface area contributed by atoms with Gasteiger partial charge in [-0.2, -0.15) is 5.26 Å². The van der Waals surface area contributed by atoms with Crippen molar-refractivity contribution in [3.8, 4) is 12.0 Å². The van der Waals surface area contributed by atoms with Crippen LogP contribution in [0.5, 0.6) is 5.75 Å². The van der Waals surface area contributed by atoms with Gasteiger partial charge in [0.1, 0.15) is 5.75 Å². The van der Waals surface area contributed by atoms with Crippen molar-refractivity contribution in [1.82, 2.24) is 0 Å². The van der Waals surface area contributed by atoms with E-state index in [9.17, 15) is 13.2 Å². The van der Waals surface area contributed by atoms with E-state index in [2.05, 4.69) is 4.74 Å². The number of alkyl halides is 3. The van der Waals surface area contributed by atoms with E-state index >= 15 is 0 Å². The number of hydrogen-bond donors (Lipinski definition) is 1. The van der Waals surface area contributed by atoms with Crippen molar-refractivity contribution in [2.45, 2.75) is 6.36 Å². The second-order valence-electron chi connectivity index (χ2n) is 1.96. The van der Waals surface area contributed by atoms with E-state index in [4.69, 9.17) is 22.2 Å². The molecule has 1 aromatic rings. The predicted octanol–water partition coefficient (Wildman–Crippen LogP) is 2.52. The summed E-state index contributed by atoms with van der Waals surface area (Å²) in [5, 5.41) is 20.0. The fourth-order valence-electron chi connectivity index (χ4n) is 0.622. The number of rotatable bonds is 1. The van der Waals surface area contributed by atoms with Gasteiger partial charge in [0.05, 0.1) is 0 Å². The topological polar surface area (TPSA) is 77.0 Å². The minimum Gasteiger partial charge on any atom is -0.512 e. The van der Waals surface area contributed by atoms with E-state index in [0.717, 1.165) is 6.26 Å². The third-order valence-corrected chi connectivity index (χ3v) is 0.977. The SMILES string of the molecule is FC(F)(F)Oc1ccccc1.N#CO.[C-]#N. The van der Waals surface area contributed by atoms with Crippen LogP contribution in [0.2, 0.25) is 0 Å². The molecule has 0 heterocycles. The Hall–Kier alpha value is -2.41. The van der Waals surface area contributed by atoms with Crippen LogP contribution in [0.15, 0.2) is 30.3 Å². The van der Waals surface area contributed by atoms with Crippen LogP contribution in [0, 0.1) is 23.4 Å². The molecule has 1 rings (SSSR count). The van der Waals surface area contributed by atoms with Crippen LogP contribution in [0.3, 0.4) is 0 Å². The Kier molecular flexibility index (Phi) is 9.18. The lowest BCUT2D eigenvalue weighted by Crippen LogP contribution is -2.16. The molecule has 0 aliphatic rings. The minimum atomic E-state index is -4.60. The third kappa shape index (κ3) is 11.6. The summed E-state index contributed by atoms with van der Waals surface area (Å²) < 4.78 is 38.2. The monoisotopic (exact) mass is 231 g/mol. The van der Waals surface area contributed by atoms with E-state index in [-0.39, 0.29) is 5.75 Å². The molecule has 0 aliphatic heterocycles. The molecule has 0 atom stereocenters. The normalized spacial score (nSPS) is 8.25. The summed E-state index contributed by atoms with van der Waals surface area (Å²) >= 11 is 0. The molecular weight excluding hydrogens is 225 g/mol. The van der Waals surface area contributed by atoms with Crippen LogP contribution in [0.1, 0.15) is 0 Å². The van der Waals surface area contributed by atoms with Crippen molar-refractivity contribution in [2.75, 3.05) is 0 Å². The number of para-hydroxylation sites is 1. The summed E-state index contributed by atoms with van der Waals surface area (Å²) in [6.45, 7) is 4.75. The Balaban J connectivity index is 0. The first-order valence-corrected chi connectivity index (χ1v) is 3.56. The molecule has 1 N–H and O–H groups in total. The highest BCUT2D eigenvalue weighted by Gasteiger charge is 2.30. The number of hydrogen-bond acceptors (Lipinski definition) is 4. The van der Waals surface area contributed by atoms with E-state index < -0.39 is 6.36 Å². The summed E-state index contributed by atoms with van der Waals surface area (Å²) in [5.41, 5.74) is 0. The number of ether oxygens (including phenoxy) is 1. The Labute approximate surface area is 89.7 Å². The smallest absolute Gasteiger partial charge is 0.512 e. The first-order valence-electron chi connectivity index (χ1n) is 3.56. The van der Waals surface area contributed by atoms with Crippen LogP contribution >= 0.6 is 0 Å². The third-order valence-electron chi connectivity index (χ3n) is 0.977. The first kappa shape index (κ1) is 16.0. The van der Waals surface area contributed by atoms with Gasteiger partial charge in [0.2, 0.25) is 0 Å². The van der Waals surface area contributed by atoms with Crippen molar-refractivity contribution < 1.29 is 23.0 Å². The average molecular weight is 231 g/mol. The molecule has 4 nitrogen and oxygen atoms in total. The Morgan fingerprint density at radius 1 is 1.19 bits per heavy atom. The number of aliphatic hydroxyl groups is 1. The van der Waals surface area contributed by atoms with Gasteiger partial charge in [-0.15, -0.1) is 13.2 Å². The van der Waals surface area contributed by atoms with Gasteiger partial charge in [-0.3, -0.25) is 0 Å². The number of benzene rings is 1. The largest absolute Gasteiger partial charge is 0.573 e. The second kappa shape index (κ2) is 9.16. The quantitative estimate of drug-likeness (QED) is 0.595. The molecule has 1 aromatic carbocycles. The summed E-state index contributed by atoms with van der Waals surface area (Å²) in [5.74, 6) is -0.194. The Bertz CT molecular complexity index is 330. The van der Waals surface area contributed by atoms with Crippen molar-refractivity contribution in [2.24, 2.45) is 0 Å². The number of nitriles is 1. The van der Waals surface area contributed by atoms with Crippen molar-refractivity contribution in [3.05, 3.63) is 36.9 Å². The fourth-order valence-corrected chi connectivity index (χ4v) is 0.622. The number of halogens is 3. The van der Waals surface area contributed by atoms with Crippen molar-refractivity contribution >= 4 is 0 Å². The highest BCUT2D eigenvalue weighted by Crippen LogP contribution is 2.21. The van der Waals surface area contributed by atoms with E-state index in [0.29, 0.717) is 0 Å². The highest BCUT2D eigenvalue weighted by atomic mass is 19.4. The molecule has 0 spiro atoms. The van der Waals surface area contributed by atoms with E-state index in [1.54, 1.807) is 6.07 Å². The predicted molar refractivity (Wildman–Crippen MR) is 45.6 cm³/mol. The molecule has 0 unspecified atom stereocenters. The lowest BCUT2D eigenvalue weighted by molar-refractivity contribution is -0.274. The lowest BCUT2D eigenvalue weighted by Gasteiger charge is -2.07. The average Bonchev–Trinajstić information content (AvgIpc) is 2.21. The molecule has 0 saturated carbocycles. The molecular formula is C9H6F3N2O2-.